The van der Waals surface area contributed by atoms with Crippen LogP contribution in [0.25, 0.3) is 11.3 Å². The molecule has 0 unspecified atom stereocenters. The summed E-state index contributed by atoms with van der Waals surface area (Å²) in [6.07, 6.45) is -2.04. The number of thiazole rings is 1. The summed E-state index contributed by atoms with van der Waals surface area (Å²) in [5.74, 6) is -0.410. The van der Waals surface area contributed by atoms with Gasteiger partial charge in [-0.3, -0.25) is 4.79 Å². The average molecular weight is 339 g/mol. The molecule has 0 saturated carbocycles. The molecule has 23 heavy (non-hydrogen) atoms. The van der Waals surface area contributed by atoms with Crippen molar-refractivity contribution in [2.45, 2.75) is 6.18 Å². The number of benzene rings is 1. The van der Waals surface area contributed by atoms with E-state index in [1.54, 1.807) is 24.3 Å². The Bertz CT molecular complexity index is 811. The SMILES string of the molecule is O=C(Nc1ccc(-c2csc(C(F)(F)F)n2)cc1)c1cnco1. The Kier molecular flexibility index (Phi) is 3.87. The van der Waals surface area contributed by atoms with E-state index in [1.807, 2.05) is 0 Å². The van der Waals surface area contributed by atoms with E-state index in [2.05, 4.69) is 15.3 Å². The molecular formula is C14H8F3N3O2S. The van der Waals surface area contributed by atoms with Crippen LogP contribution in [0, 0.1) is 0 Å². The lowest BCUT2D eigenvalue weighted by atomic mass is 10.1. The highest BCUT2D eigenvalue weighted by Gasteiger charge is 2.34. The zero-order valence-electron chi connectivity index (χ0n) is 11.3. The summed E-state index contributed by atoms with van der Waals surface area (Å²) in [5, 5.41) is 3.03. The molecule has 3 rings (SSSR count). The highest BCUT2D eigenvalue weighted by molar-refractivity contribution is 7.10. The van der Waals surface area contributed by atoms with E-state index in [0.717, 1.165) is 6.39 Å². The first-order valence-corrected chi connectivity index (χ1v) is 7.14. The monoisotopic (exact) mass is 339 g/mol. The Morgan fingerprint density at radius 1 is 1.22 bits per heavy atom. The molecule has 0 spiro atoms. The van der Waals surface area contributed by atoms with E-state index < -0.39 is 17.1 Å². The smallest absolute Gasteiger partial charge is 0.438 e. The first-order valence-electron chi connectivity index (χ1n) is 6.26. The van der Waals surface area contributed by atoms with Crippen molar-refractivity contribution < 1.29 is 22.4 Å². The van der Waals surface area contributed by atoms with E-state index in [4.69, 9.17) is 4.42 Å². The summed E-state index contributed by atoms with van der Waals surface area (Å²) in [5.41, 5.74) is 1.23. The lowest BCUT2D eigenvalue weighted by Crippen LogP contribution is -2.10. The maximum Gasteiger partial charge on any atom is 0.443 e. The molecule has 0 saturated heterocycles. The van der Waals surface area contributed by atoms with Crippen LogP contribution in [0.5, 0.6) is 0 Å². The molecule has 2 aromatic heterocycles. The Labute approximate surface area is 131 Å². The number of nitrogens with zero attached hydrogens (tertiary/aromatic N) is 2. The fourth-order valence-electron chi connectivity index (χ4n) is 1.78. The molecule has 118 valence electrons. The van der Waals surface area contributed by atoms with Crippen molar-refractivity contribution in [1.29, 1.82) is 0 Å². The summed E-state index contributed by atoms with van der Waals surface area (Å²) < 4.78 is 42.5. The fourth-order valence-corrected chi connectivity index (χ4v) is 2.48. The first kappa shape index (κ1) is 15.2. The van der Waals surface area contributed by atoms with Gasteiger partial charge in [-0.2, -0.15) is 13.2 Å². The van der Waals surface area contributed by atoms with Crippen molar-refractivity contribution in [2.24, 2.45) is 0 Å². The number of aromatic nitrogens is 2. The highest BCUT2D eigenvalue weighted by atomic mass is 32.1. The Balaban J connectivity index is 1.74. The van der Waals surface area contributed by atoms with Gasteiger partial charge in [-0.25, -0.2) is 9.97 Å². The van der Waals surface area contributed by atoms with Crippen molar-refractivity contribution in [3.05, 3.63) is 53.0 Å². The molecule has 0 radical (unpaired) electrons. The van der Waals surface area contributed by atoms with E-state index >= 15 is 0 Å². The minimum atomic E-state index is -4.45. The lowest BCUT2D eigenvalue weighted by molar-refractivity contribution is -0.137. The van der Waals surface area contributed by atoms with Crippen LogP contribution in [0.2, 0.25) is 0 Å². The molecule has 9 heteroatoms. The Morgan fingerprint density at radius 2 is 1.96 bits per heavy atom. The third kappa shape index (κ3) is 3.39. The summed E-state index contributed by atoms with van der Waals surface area (Å²) in [7, 11) is 0. The molecule has 5 nitrogen and oxygen atoms in total. The second-order valence-corrected chi connectivity index (χ2v) is 5.29. The number of anilines is 1. The quantitative estimate of drug-likeness (QED) is 0.781. The van der Waals surface area contributed by atoms with Crippen LogP contribution >= 0.6 is 11.3 Å². The number of carbonyl (C=O) groups excluding carboxylic acids is 1. The van der Waals surface area contributed by atoms with Gasteiger partial charge >= 0.3 is 6.18 Å². The van der Waals surface area contributed by atoms with Crippen molar-refractivity contribution in [3.63, 3.8) is 0 Å². The molecule has 3 aromatic rings. The molecule has 1 amide bonds. The molecule has 1 aromatic carbocycles. The predicted octanol–water partition coefficient (Wildman–Crippen LogP) is 4.07. The molecule has 2 heterocycles. The van der Waals surface area contributed by atoms with Crippen molar-refractivity contribution in [3.8, 4) is 11.3 Å². The Hall–Kier alpha value is -2.68. The van der Waals surface area contributed by atoms with Crippen LogP contribution in [0.3, 0.4) is 0 Å². The van der Waals surface area contributed by atoms with Crippen molar-refractivity contribution in [2.75, 3.05) is 5.32 Å². The molecular weight excluding hydrogens is 331 g/mol. The van der Waals surface area contributed by atoms with Crippen LogP contribution in [-0.4, -0.2) is 15.9 Å². The predicted molar refractivity (Wildman–Crippen MR) is 77.0 cm³/mol. The van der Waals surface area contributed by atoms with Gasteiger partial charge in [0.1, 0.15) is 0 Å². The van der Waals surface area contributed by atoms with Crippen LogP contribution in [-0.2, 0) is 6.18 Å². The minimum absolute atomic E-state index is 0.0587. The third-order valence-electron chi connectivity index (χ3n) is 2.84. The summed E-state index contributed by atoms with van der Waals surface area (Å²) in [4.78, 5) is 19.0. The average Bonchev–Trinajstić information content (AvgIpc) is 3.19. The summed E-state index contributed by atoms with van der Waals surface area (Å²) in [6, 6.07) is 6.28. The summed E-state index contributed by atoms with van der Waals surface area (Å²) in [6.45, 7) is 0. The second kappa shape index (κ2) is 5.84. The zero-order chi connectivity index (χ0) is 16.4. The Morgan fingerprint density at radius 3 is 2.52 bits per heavy atom. The molecule has 0 aliphatic carbocycles. The molecule has 0 aliphatic rings. The molecule has 0 fully saturated rings. The number of oxazole rings is 1. The summed E-state index contributed by atoms with van der Waals surface area (Å²) >= 11 is 0.539. The van der Waals surface area contributed by atoms with Crippen LogP contribution in [0.1, 0.15) is 15.6 Å². The van der Waals surface area contributed by atoms with Crippen LogP contribution < -0.4 is 5.32 Å². The van der Waals surface area contributed by atoms with Gasteiger partial charge in [-0.05, 0) is 12.1 Å². The van der Waals surface area contributed by atoms with E-state index in [9.17, 15) is 18.0 Å². The number of carbonyl (C=O) groups is 1. The number of hydrogen-bond acceptors (Lipinski definition) is 5. The van der Waals surface area contributed by atoms with Crippen LogP contribution in [0.4, 0.5) is 18.9 Å². The van der Waals surface area contributed by atoms with Crippen LogP contribution in [0.15, 0.2) is 46.7 Å². The van der Waals surface area contributed by atoms with E-state index in [-0.39, 0.29) is 11.5 Å². The van der Waals surface area contributed by atoms with Gasteiger partial charge in [0.15, 0.2) is 11.4 Å². The van der Waals surface area contributed by atoms with Crippen molar-refractivity contribution >= 4 is 22.9 Å². The fraction of sp³-hybridized carbons (Fsp3) is 0.0714. The maximum atomic E-state index is 12.5. The van der Waals surface area contributed by atoms with Gasteiger partial charge in [0, 0.05) is 16.6 Å². The number of alkyl halides is 3. The lowest BCUT2D eigenvalue weighted by Gasteiger charge is -2.04. The standard InChI is InChI=1S/C14H8F3N3O2S/c15-14(16,17)13-20-10(6-23-13)8-1-3-9(4-2-8)19-12(21)11-5-18-7-22-11/h1-7H,(H,19,21). The third-order valence-corrected chi connectivity index (χ3v) is 3.73. The molecule has 0 atom stereocenters. The number of amides is 1. The number of hydrogen-bond donors (Lipinski definition) is 1. The molecule has 0 aliphatic heterocycles. The molecule has 0 bridgehead atoms. The van der Waals surface area contributed by atoms with Gasteiger partial charge in [-0.1, -0.05) is 12.1 Å². The van der Waals surface area contributed by atoms with Gasteiger partial charge in [0.2, 0.25) is 5.76 Å². The maximum absolute atomic E-state index is 12.5. The van der Waals surface area contributed by atoms with Gasteiger partial charge in [0.05, 0.1) is 11.9 Å². The number of halogens is 3. The number of rotatable bonds is 3. The first-order chi connectivity index (χ1) is 10.9. The van der Waals surface area contributed by atoms with Gasteiger partial charge in [0.25, 0.3) is 5.91 Å². The number of nitrogens with one attached hydrogen (secondary N) is 1. The zero-order valence-corrected chi connectivity index (χ0v) is 12.1. The minimum Gasteiger partial charge on any atom is -0.438 e. The largest absolute Gasteiger partial charge is 0.443 e. The van der Waals surface area contributed by atoms with Gasteiger partial charge < -0.3 is 9.73 Å². The second-order valence-electron chi connectivity index (χ2n) is 4.43. The topological polar surface area (TPSA) is 68.0 Å². The van der Waals surface area contributed by atoms with Gasteiger partial charge in [-0.15, -0.1) is 11.3 Å². The van der Waals surface area contributed by atoms with E-state index in [0.29, 0.717) is 22.6 Å². The highest BCUT2D eigenvalue weighted by Crippen LogP contribution is 2.34. The van der Waals surface area contributed by atoms with E-state index in [1.165, 1.54) is 11.6 Å². The molecule has 1 N–H and O–H groups in total. The normalized spacial score (nSPS) is 11.4. The van der Waals surface area contributed by atoms with Crippen molar-refractivity contribution in [1.82, 2.24) is 9.97 Å².